The van der Waals surface area contributed by atoms with E-state index in [1.165, 1.54) is 4.80 Å². The largest absolute Gasteiger partial charge is 0.358 e. The average Bonchev–Trinajstić information content (AvgIpc) is 3.35. The van der Waals surface area contributed by atoms with Gasteiger partial charge in [0.05, 0.1) is 23.1 Å². The van der Waals surface area contributed by atoms with Crippen LogP contribution in [0.25, 0.3) is 18.0 Å². The number of nitrogens with zero attached hydrogens (tertiary/aromatic N) is 6. The maximum absolute atomic E-state index is 12.6. The summed E-state index contributed by atoms with van der Waals surface area (Å²) in [4.78, 5) is 14.0. The molecule has 2 heterocycles. The molecule has 8 nitrogen and oxygen atoms in total. The molecule has 0 bridgehead atoms. The molecule has 0 aliphatic heterocycles. The molecule has 0 saturated heterocycles. The smallest absolute Gasteiger partial charge is 0.259 e. The van der Waals surface area contributed by atoms with E-state index in [0.717, 1.165) is 0 Å². The molecule has 1 radical (unpaired) electrons. The fraction of sp³-hybridized carbons (Fsp3) is 0.200. The summed E-state index contributed by atoms with van der Waals surface area (Å²) in [5.74, 6) is -0.251. The van der Waals surface area contributed by atoms with Crippen LogP contribution in [0, 0.1) is 13.8 Å². The minimum Gasteiger partial charge on any atom is -0.358 e. The van der Waals surface area contributed by atoms with Crippen LogP contribution in [0.3, 0.4) is 0 Å². The normalized spacial score (nSPS) is 10.1. The predicted octanol–water partition coefficient (Wildman–Crippen LogP) is 3.91. The maximum atomic E-state index is 12.6. The first-order valence-corrected chi connectivity index (χ1v) is 8.64. The van der Waals surface area contributed by atoms with E-state index in [1.807, 2.05) is 45.9 Å². The Morgan fingerprint density at radius 3 is 2.59 bits per heavy atom. The summed E-state index contributed by atoms with van der Waals surface area (Å²) >= 11 is 0. The third kappa shape index (κ3) is 6.59. The summed E-state index contributed by atoms with van der Waals surface area (Å²) < 4.78 is 1.65. The number of carbonyl (C=O) groups is 1. The molecule has 0 unspecified atom stereocenters. The van der Waals surface area contributed by atoms with Crippen molar-refractivity contribution in [2.75, 3.05) is 5.32 Å². The molecule has 0 aliphatic carbocycles. The van der Waals surface area contributed by atoms with Crippen molar-refractivity contribution >= 4 is 23.9 Å². The van der Waals surface area contributed by atoms with Crippen molar-refractivity contribution in [3.8, 4) is 5.69 Å². The number of anilines is 1. The first-order valence-electron chi connectivity index (χ1n) is 8.64. The summed E-state index contributed by atoms with van der Waals surface area (Å²) in [6.07, 6.45) is 11.3. The number of carbonyl (C=O) groups excluding carboxylic acids is 1. The second kappa shape index (κ2) is 13.3. The van der Waals surface area contributed by atoms with E-state index >= 15 is 0 Å². The van der Waals surface area contributed by atoms with Crippen LogP contribution < -0.4 is 5.32 Å². The van der Waals surface area contributed by atoms with Gasteiger partial charge >= 0.3 is 0 Å². The van der Waals surface area contributed by atoms with Gasteiger partial charge in [0.25, 0.3) is 5.91 Å². The summed E-state index contributed by atoms with van der Waals surface area (Å²) in [6, 6.07) is 7.14. The van der Waals surface area contributed by atoms with Gasteiger partial charge in [0.15, 0.2) is 0 Å². The van der Waals surface area contributed by atoms with Crippen molar-refractivity contribution in [3.63, 3.8) is 0 Å². The molecule has 2 aromatic heterocycles. The summed E-state index contributed by atoms with van der Waals surface area (Å²) in [5.41, 5.74) is 2.48. The van der Waals surface area contributed by atoms with Crippen molar-refractivity contribution in [1.82, 2.24) is 30.0 Å². The predicted molar refractivity (Wildman–Crippen MR) is 112 cm³/mol. The topological polar surface area (TPSA) is 90.5 Å². The Morgan fingerprint density at radius 2 is 1.97 bits per heavy atom. The molecule has 1 amide bonds. The van der Waals surface area contributed by atoms with Gasteiger partial charge in [-0.1, -0.05) is 37.3 Å². The molecular formula is C20H25N7ORe-2. The number of hydrogen-bond donors (Lipinski definition) is 1. The molecule has 29 heavy (non-hydrogen) atoms. The number of hydrogen-bond acceptors (Lipinski definition) is 5. The van der Waals surface area contributed by atoms with Crippen LogP contribution in [0.1, 0.15) is 43.7 Å². The minimum atomic E-state index is -0.251. The Bertz CT molecular complexity index is 930. The fourth-order valence-corrected chi connectivity index (χ4v) is 2.29. The van der Waals surface area contributed by atoms with Crippen molar-refractivity contribution in [2.45, 2.75) is 27.7 Å². The minimum absolute atomic E-state index is 0. The summed E-state index contributed by atoms with van der Waals surface area (Å²) in [5, 5.41) is 18.3. The molecule has 0 spiro atoms. The number of rotatable bonds is 5. The van der Waals surface area contributed by atoms with Crippen molar-refractivity contribution in [2.24, 2.45) is 0 Å². The number of allylic oxidation sites excluding steroid dienone is 2. The molecule has 1 N–H and O–H groups in total. The second-order valence-corrected chi connectivity index (χ2v) is 5.05. The summed E-state index contributed by atoms with van der Waals surface area (Å²) in [6.45, 7) is 7.78. The van der Waals surface area contributed by atoms with E-state index in [1.54, 1.807) is 41.3 Å². The number of nitrogens with one attached hydrogen (secondary N) is 1. The standard InChI is InChI=1S/C17H16N7O.C2H6.CH3.Re/c1-3-6-16-15(11-19-23(16)9-4-2)17(25)21-13-7-5-8-14(10-13)24-20-12-18-22-24;1-2;;/h3-11H,1-2H3,(H,21,25);1-2H3;1H3;/q-1;;-1;/b6-3-,9-4-;;;. The molecule has 3 rings (SSSR count). The van der Waals surface area contributed by atoms with Gasteiger partial charge < -0.3 is 22.9 Å². The molecule has 0 atom stereocenters. The first kappa shape index (κ1) is 26.1. The van der Waals surface area contributed by atoms with Crippen LogP contribution in [0.4, 0.5) is 5.69 Å². The Morgan fingerprint density at radius 1 is 1.21 bits per heavy atom. The van der Waals surface area contributed by atoms with Gasteiger partial charge in [-0.15, -0.1) is 0 Å². The van der Waals surface area contributed by atoms with Crippen molar-refractivity contribution in [3.05, 3.63) is 67.6 Å². The second-order valence-electron chi connectivity index (χ2n) is 5.05. The quantitative estimate of drug-likeness (QED) is 0.474. The van der Waals surface area contributed by atoms with Gasteiger partial charge in [-0.05, 0) is 38.1 Å². The molecular weight excluding hydrogens is 540 g/mol. The van der Waals surface area contributed by atoms with Crippen molar-refractivity contribution in [1.29, 1.82) is 0 Å². The van der Waals surface area contributed by atoms with Crippen LogP contribution in [0.15, 0.2) is 42.6 Å². The Labute approximate surface area is 185 Å². The van der Waals surface area contributed by atoms with Gasteiger partial charge in [-0.3, -0.25) is 4.79 Å². The van der Waals surface area contributed by atoms with Gasteiger partial charge in [0.2, 0.25) is 0 Å². The number of benzene rings is 1. The van der Waals surface area contributed by atoms with E-state index in [-0.39, 0.29) is 33.8 Å². The van der Waals surface area contributed by atoms with Gasteiger partial charge in [0, 0.05) is 32.3 Å². The number of tetrazole rings is 1. The average molecular weight is 566 g/mol. The van der Waals surface area contributed by atoms with E-state index in [9.17, 15) is 4.79 Å². The van der Waals surface area contributed by atoms with E-state index in [2.05, 4.69) is 32.2 Å². The third-order valence-electron chi connectivity index (χ3n) is 3.34. The monoisotopic (exact) mass is 566 g/mol. The Kier molecular flexibility index (Phi) is 12.0. The number of aromatic nitrogens is 6. The zero-order chi connectivity index (χ0) is 19.6. The molecule has 3 aromatic rings. The van der Waals surface area contributed by atoms with Crippen LogP contribution in [0.5, 0.6) is 0 Å². The Hall–Kier alpha value is -2.89. The van der Waals surface area contributed by atoms with E-state index < -0.39 is 0 Å². The SMILES string of the molecule is C/C=C\c1c(C(=O)Nc2cccc(-n3n[c-]nn3)c2)cnn1/C=C\C.CC.[CH3-].[Re]. The maximum Gasteiger partial charge on any atom is 0.259 e. The van der Waals surface area contributed by atoms with Gasteiger partial charge in [-0.2, -0.15) is 9.90 Å². The zero-order valence-electron chi connectivity index (χ0n) is 17.2. The van der Waals surface area contributed by atoms with E-state index in [0.29, 0.717) is 22.6 Å². The molecule has 9 heteroatoms. The van der Waals surface area contributed by atoms with Gasteiger partial charge in [0.1, 0.15) is 0 Å². The van der Waals surface area contributed by atoms with Gasteiger partial charge in [-0.25, -0.2) is 11.0 Å². The molecule has 0 saturated carbocycles. The molecule has 0 aliphatic rings. The van der Waals surface area contributed by atoms with E-state index in [4.69, 9.17) is 0 Å². The zero-order valence-corrected chi connectivity index (χ0v) is 19.9. The van der Waals surface area contributed by atoms with Crippen LogP contribution in [0.2, 0.25) is 0 Å². The van der Waals surface area contributed by atoms with Crippen LogP contribution in [-0.2, 0) is 20.4 Å². The fourth-order valence-electron chi connectivity index (χ4n) is 2.29. The summed E-state index contributed by atoms with van der Waals surface area (Å²) in [7, 11) is 0. The third-order valence-corrected chi connectivity index (χ3v) is 3.34. The molecule has 0 fully saturated rings. The first-order chi connectivity index (χ1) is 13.2. The molecule has 155 valence electrons. The molecule has 1 aromatic carbocycles. The Balaban J connectivity index is 0.00000190. The van der Waals surface area contributed by atoms with Crippen LogP contribution >= 0.6 is 0 Å². The van der Waals surface area contributed by atoms with Crippen molar-refractivity contribution < 1.29 is 25.2 Å². The van der Waals surface area contributed by atoms with Crippen LogP contribution in [-0.4, -0.2) is 35.9 Å². The number of amides is 1.